The molecule has 0 rings (SSSR count). The van der Waals surface area contributed by atoms with Gasteiger partial charge in [0.15, 0.2) is 6.61 Å². The van der Waals surface area contributed by atoms with Gasteiger partial charge in [-0.3, -0.25) is 4.79 Å². The summed E-state index contributed by atoms with van der Waals surface area (Å²) in [5.74, 6) is -0.169. The number of hydrogen-bond donors (Lipinski definition) is 1. The van der Waals surface area contributed by atoms with Crippen LogP contribution >= 0.6 is 0 Å². The average Bonchev–Trinajstić information content (AvgIpc) is 2.04. The molecule has 0 aliphatic heterocycles. The summed E-state index contributed by atoms with van der Waals surface area (Å²) in [6.07, 6.45) is 0.841. The Kier molecular flexibility index (Phi) is 5.15. The highest BCUT2D eigenvalue weighted by Gasteiger charge is 1.95. The van der Waals surface area contributed by atoms with E-state index in [4.69, 9.17) is 4.84 Å². The van der Waals surface area contributed by atoms with Gasteiger partial charge in [-0.25, -0.2) is 0 Å². The van der Waals surface area contributed by atoms with Crippen molar-refractivity contribution < 1.29 is 9.63 Å². The molecule has 0 aromatic rings. The molecule has 0 aromatic heterocycles. The lowest BCUT2D eigenvalue weighted by Crippen LogP contribution is -2.22. The van der Waals surface area contributed by atoms with Gasteiger partial charge in [0.2, 0.25) is 0 Å². The molecule has 0 heterocycles. The van der Waals surface area contributed by atoms with Crippen molar-refractivity contribution in [3.8, 4) is 0 Å². The molecule has 0 aromatic carbocycles. The molecular formula is C7H14N2O2. The van der Waals surface area contributed by atoms with Crippen LogP contribution < -0.4 is 5.32 Å². The molecule has 1 N–H and O–H groups in total. The van der Waals surface area contributed by atoms with Crippen LogP contribution in [0.3, 0.4) is 0 Å². The zero-order valence-corrected chi connectivity index (χ0v) is 7.18. The number of nitrogens with zero attached hydrogens (tertiary/aromatic N) is 1. The minimum Gasteiger partial charge on any atom is -0.386 e. The van der Waals surface area contributed by atoms with Crippen molar-refractivity contribution >= 4 is 11.6 Å². The third-order valence-electron chi connectivity index (χ3n) is 1.21. The van der Waals surface area contributed by atoms with Gasteiger partial charge in [-0.1, -0.05) is 12.1 Å². The molecule has 0 spiro atoms. The Hall–Kier alpha value is -1.06. The quantitative estimate of drug-likeness (QED) is 0.479. The number of nitrogens with one attached hydrogen (secondary N) is 1. The number of rotatable bonds is 4. The maximum absolute atomic E-state index is 10.6. The van der Waals surface area contributed by atoms with E-state index >= 15 is 0 Å². The first-order chi connectivity index (χ1) is 5.20. The van der Waals surface area contributed by atoms with E-state index in [2.05, 4.69) is 10.5 Å². The van der Waals surface area contributed by atoms with Gasteiger partial charge in [-0.15, -0.1) is 0 Å². The Bertz CT molecular complexity index is 155. The number of likely N-dealkylation sites (N-methyl/N-ethyl adjacent to an activating group) is 1. The molecule has 0 saturated carbocycles. The Morgan fingerprint density at radius 3 is 2.73 bits per heavy atom. The molecule has 0 aliphatic carbocycles. The summed E-state index contributed by atoms with van der Waals surface area (Å²) in [5, 5.41) is 6.11. The van der Waals surface area contributed by atoms with E-state index in [9.17, 15) is 4.79 Å². The van der Waals surface area contributed by atoms with Crippen LogP contribution in [0, 0.1) is 0 Å². The van der Waals surface area contributed by atoms with Gasteiger partial charge >= 0.3 is 0 Å². The fourth-order valence-electron chi connectivity index (χ4n) is 0.338. The highest BCUT2D eigenvalue weighted by molar-refractivity contribution is 5.81. The third kappa shape index (κ3) is 5.39. The first-order valence-corrected chi connectivity index (χ1v) is 3.56. The maximum atomic E-state index is 10.6. The van der Waals surface area contributed by atoms with Gasteiger partial charge < -0.3 is 10.2 Å². The smallest absolute Gasteiger partial charge is 0.260 e. The second kappa shape index (κ2) is 5.70. The van der Waals surface area contributed by atoms with Crippen LogP contribution in [0.4, 0.5) is 0 Å². The fourth-order valence-corrected chi connectivity index (χ4v) is 0.338. The van der Waals surface area contributed by atoms with Crippen LogP contribution in [0.25, 0.3) is 0 Å². The second-order valence-corrected chi connectivity index (χ2v) is 2.13. The summed E-state index contributed by atoms with van der Waals surface area (Å²) in [4.78, 5) is 15.3. The van der Waals surface area contributed by atoms with Crippen LogP contribution in [-0.2, 0) is 9.63 Å². The normalized spacial score (nSPS) is 11.0. The Labute approximate surface area is 66.6 Å². The van der Waals surface area contributed by atoms with Crippen molar-refractivity contribution in [1.29, 1.82) is 0 Å². The second-order valence-electron chi connectivity index (χ2n) is 2.13. The van der Waals surface area contributed by atoms with E-state index in [1.54, 1.807) is 7.05 Å². The lowest BCUT2D eigenvalue weighted by atomic mass is 10.3. The Morgan fingerprint density at radius 1 is 1.64 bits per heavy atom. The molecule has 0 saturated heterocycles. The van der Waals surface area contributed by atoms with Crippen molar-refractivity contribution in [2.45, 2.75) is 20.3 Å². The largest absolute Gasteiger partial charge is 0.386 e. The van der Waals surface area contributed by atoms with Gasteiger partial charge in [0, 0.05) is 7.05 Å². The van der Waals surface area contributed by atoms with Gasteiger partial charge in [-0.2, -0.15) is 0 Å². The first kappa shape index (κ1) is 9.94. The predicted molar refractivity (Wildman–Crippen MR) is 43.4 cm³/mol. The predicted octanol–water partition coefficient (Wildman–Crippen LogP) is 0.535. The molecule has 0 atom stereocenters. The standard InChI is InChI=1S/C7H14N2O2/c1-4-6(2)9-11-5-7(10)8-3/h4-5H2,1-3H3,(H,8,10)/b9-6+. The van der Waals surface area contributed by atoms with Crippen LogP contribution in [0.5, 0.6) is 0 Å². The molecule has 0 fully saturated rings. The van der Waals surface area contributed by atoms with E-state index in [0.29, 0.717) is 0 Å². The third-order valence-corrected chi connectivity index (χ3v) is 1.21. The SMILES string of the molecule is CC/C(C)=N/OCC(=O)NC. The van der Waals surface area contributed by atoms with Gasteiger partial charge in [0.25, 0.3) is 5.91 Å². The summed E-state index contributed by atoms with van der Waals surface area (Å²) >= 11 is 0. The van der Waals surface area contributed by atoms with Gasteiger partial charge in [0.05, 0.1) is 5.71 Å². The van der Waals surface area contributed by atoms with Gasteiger partial charge in [-0.05, 0) is 13.3 Å². The molecule has 0 aliphatic rings. The Morgan fingerprint density at radius 2 is 2.27 bits per heavy atom. The summed E-state index contributed by atoms with van der Waals surface area (Å²) in [7, 11) is 1.56. The maximum Gasteiger partial charge on any atom is 0.260 e. The summed E-state index contributed by atoms with van der Waals surface area (Å²) < 4.78 is 0. The van der Waals surface area contributed by atoms with Crippen molar-refractivity contribution in [3.63, 3.8) is 0 Å². The van der Waals surface area contributed by atoms with Crippen molar-refractivity contribution in [1.82, 2.24) is 5.32 Å². The molecule has 0 radical (unpaired) electrons. The lowest BCUT2D eigenvalue weighted by Gasteiger charge is -1.98. The average molecular weight is 158 g/mol. The fraction of sp³-hybridized carbons (Fsp3) is 0.714. The van der Waals surface area contributed by atoms with Gasteiger partial charge in [0.1, 0.15) is 0 Å². The summed E-state index contributed by atoms with van der Waals surface area (Å²) in [5.41, 5.74) is 0.883. The van der Waals surface area contributed by atoms with E-state index in [1.165, 1.54) is 0 Å². The molecular weight excluding hydrogens is 144 g/mol. The molecule has 4 heteroatoms. The molecule has 0 unspecified atom stereocenters. The highest BCUT2D eigenvalue weighted by atomic mass is 16.6. The minimum atomic E-state index is -0.169. The van der Waals surface area contributed by atoms with Crippen LogP contribution in [0.1, 0.15) is 20.3 Å². The molecule has 11 heavy (non-hydrogen) atoms. The van der Waals surface area contributed by atoms with E-state index in [-0.39, 0.29) is 12.5 Å². The van der Waals surface area contributed by atoms with E-state index in [0.717, 1.165) is 12.1 Å². The minimum absolute atomic E-state index is 0.00611. The number of amides is 1. The molecule has 0 bridgehead atoms. The zero-order chi connectivity index (χ0) is 8.69. The number of oxime groups is 1. The number of carbonyl (C=O) groups is 1. The first-order valence-electron chi connectivity index (χ1n) is 3.56. The molecule has 1 amide bonds. The molecule has 4 nitrogen and oxygen atoms in total. The highest BCUT2D eigenvalue weighted by Crippen LogP contribution is 1.85. The van der Waals surface area contributed by atoms with Crippen molar-refractivity contribution in [2.75, 3.05) is 13.7 Å². The van der Waals surface area contributed by atoms with Crippen LogP contribution in [-0.4, -0.2) is 25.3 Å². The van der Waals surface area contributed by atoms with Crippen molar-refractivity contribution in [2.24, 2.45) is 5.16 Å². The molecule has 64 valence electrons. The summed E-state index contributed by atoms with van der Waals surface area (Å²) in [6, 6.07) is 0. The number of carbonyl (C=O) groups excluding carboxylic acids is 1. The summed E-state index contributed by atoms with van der Waals surface area (Å²) in [6.45, 7) is 3.82. The monoisotopic (exact) mass is 158 g/mol. The van der Waals surface area contributed by atoms with E-state index in [1.807, 2.05) is 13.8 Å². The van der Waals surface area contributed by atoms with Crippen LogP contribution in [0.15, 0.2) is 5.16 Å². The van der Waals surface area contributed by atoms with E-state index < -0.39 is 0 Å². The van der Waals surface area contributed by atoms with Crippen molar-refractivity contribution in [3.05, 3.63) is 0 Å². The Balaban J connectivity index is 3.48. The topological polar surface area (TPSA) is 50.7 Å². The number of hydrogen-bond acceptors (Lipinski definition) is 3. The zero-order valence-electron chi connectivity index (χ0n) is 7.18. The lowest BCUT2D eigenvalue weighted by molar-refractivity contribution is -0.125. The van der Waals surface area contributed by atoms with Crippen LogP contribution in [0.2, 0.25) is 0 Å².